The predicted octanol–water partition coefficient (Wildman–Crippen LogP) is 0.490. The number of imide groups is 1. The number of rotatable bonds is 14. The zero-order chi connectivity index (χ0) is 31.7. The number of amides is 5. The zero-order valence-electron chi connectivity index (χ0n) is 24.0. The first-order valence-corrected chi connectivity index (χ1v) is 13.3. The summed E-state index contributed by atoms with van der Waals surface area (Å²) in [5, 5.41) is 16.0. The molecule has 2 atom stereocenters. The third-order valence-electron chi connectivity index (χ3n) is 6.63. The molecule has 7 N–H and O–H groups in total. The highest BCUT2D eigenvalue weighted by Gasteiger charge is 2.47. The van der Waals surface area contributed by atoms with Crippen LogP contribution in [0.1, 0.15) is 43.4 Å². The van der Waals surface area contributed by atoms with Crippen LogP contribution >= 0.6 is 0 Å². The molecule has 0 aromatic heterocycles. The van der Waals surface area contributed by atoms with Crippen LogP contribution in [0.15, 0.2) is 53.5 Å². The largest absolute Gasteiger partial charge is 0.497 e. The van der Waals surface area contributed by atoms with Crippen molar-refractivity contribution in [2.24, 2.45) is 16.5 Å². The Hall–Kier alpha value is -5.34. The van der Waals surface area contributed by atoms with Gasteiger partial charge in [-0.3, -0.25) is 24.2 Å². The number of methoxy groups -OCH3 is 2. The monoisotopic (exact) mass is 597 g/mol. The topological polar surface area (TPSA) is 219 Å². The molecule has 1 aliphatic heterocycles. The Kier molecular flexibility index (Phi) is 10.9. The molecule has 15 nitrogen and oxygen atoms in total. The van der Waals surface area contributed by atoms with E-state index in [1.54, 1.807) is 48.5 Å². The minimum atomic E-state index is -1.76. The van der Waals surface area contributed by atoms with Crippen LogP contribution in [0.2, 0.25) is 0 Å². The summed E-state index contributed by atoms with van der Waals surface area (Å²) in [6.45, 7) is 1.22. The molecule has 0 saturated carbocycles. The van der Waals surface area contributed by atoms with E-state index >= 15 is 0 Å². The quantitative estimate of drug-likeness (QED) is 0.0878. The molecule has 1 aliphatic rings. The van der Waals surface area contributed by atoms with Gasteiger partial charge in [0, 0.05) is 13.5 Å². The summed E-state index contributed by atoms with van der Waals surface area (Å²) in [5.41, 5.74) is 11.8. The Morgan fingerprint density at radius 2 is 1.56 bits per heavy atom. The Balaban J connectivity index is 1.94. The molecule has 0 bridgehead atoms. The molecular weight excluding hydrogens is 562 g/mol. The molecule has 3 rings (SSSR count). The summed E-state index contributed by atoms with van der Waals surface area (Å²) >= 11 is 0. The fourth-order valence-electron chi connectivity index (χ4n) is 4.57. The van der Waals surface area contributed by atoms with Crippen LogP contribution < -0.4 is 31.6 Å². The zero-order valence-corrected chi connectivity index (χ0v) is 24.0. The molecule has 0 radical (unpaired) electrons. The maximum Gasteiger partial charge on any atom is 0.344 e. The molecule has 1 heterocycles. The van der Waals surface area contributed by atoms with E-state index in [1.165, 1.54) is 14.2 Å². The number of nitrogens with two attached hydrogens (primary N) is 2. The van der Waals surface area contributed by atoms with Crippen molar-refractivity contribution < 1.29 is 38.6 Å². The molecular formula is C28H35N7O8. The number of aliphatic imine (C=N–C) groups is 1. The van der Waals surface area contributed by atoms with E-state index < -0.39 is 54.3 Å². The van der Waals surface area contributed by atoms with Gasteiger partial charge in [-0.05, 0) is 48.2 Å². The molecule has 2 aromatic rings. The van der Waals surface area contributed by atoms with Gasteiger partial charge in [-0.15, -0.1) is 0 Å². The van der Waals surface area contributed by atoms with Gasteiger partial charge < -0.3 is 36.7 Å². The molecule has 230 valence electrons. The average molecular weight is 598 g/mol. The van der Waals surface area contributed by atoms with Gasteiger partial charge >= 0.3 is 12.0 Å². The van der Waals surface area contributed by atoms with Crippen LogP contribution in [0.3, 0.4) is 0 Å². The Labute approximate surface area is 247 Å². The lowest BCUT2D eigenvalue weighted by Gasteiger charge is -2.35. The minimum Gasteiger partial charge on any atom is -0.497 e. The first-order chi connectivity index (χ1) is 20.5. The number of guanidine groups is 1. The number of carboxylic acids is 1. The number of hydrogen-bond acceptors (Lipinski definition) is 8. The van der Waals surface area contributed by atoms with Crippen molar-refractivity contribution >= 4 is 35.7 Å². The van der Waals surface area contributed by atoms with E-state index in [0.29, 0.717) is 39.1 Å². The summed E-state index contributed by atoms with van der Waals surface area (Å²) in [6, 6.07) is 9.03. The molecule has 5 amide bonds. The molecule has 1 saturated heterocycles. The lowest BCUT2D eigenvalue weighted by Crippen LogP contribution is -2.59. The van der Waals surface area contributed by atoms with Crippen molar-refractivity contribution in [3.8, 4) is 11.5 Å². The lowest BCUT2D eigenvalue weighted by atomic mass is 9.97. The fraction of sp³-hybridized carbons (Fsp3) is 0.357. The Bertz CT molecular complexity index is 1310. The first-order valence-electron chi connectivity index (χ1n) is 13.3. The van der Waals surface area contributed by atoms with E-state index in [0.717, 1.165) is 6.92 Å². The van der Waals surface area contributed by atoms with Crippen molar-refractivity contribution in [2.45, 2.75) is 44.3 Å². The predicted molar refractivity (Wildman–Crippen MR) is 154 cm³/mol. The smallest absolute Gasteiger partial charge is 0.344 e. The minimum absolute atomic E-state index is 0.128. The number of urea groups is 1. The highest BCUT2D eigenvalue weighted by Crippen LogP contribution is 2.27. The lowest BCUT2D eigenvalue weighted by molar-refractivity contribution is -0.164. The van der Waals surface area contributed by atoms with Crippen molar-refractivity contribution in [1.29, 1.82) is 0 Å². The number of carbonyl (C=O) groups excluding carboxylic acids is 4. The van der Waals surface area contributed by atoms with Crippen LogP contribution in [0.5, 0.6) is 11.5 Å². The highest BCUT2D eigenvalue weighted by molar-refractivity contribution is 6.06. The molecule has 43 heavy (non-hydrogen) atoms. The van der Waals surface area contributed by atoms with Gasteiger partial charge in [-0.25, -0.2) is 9.80 Å². The summed E-state index contributed by atoms with van der Waals surface area (Å²) in [5.74, 6) is -3.05. The van der Waals surface area contributed by atoms with Gasteiger partial charge in [0.25, 0.3) is 5.91 Å². The normalized spacial score (nSPS) is 15.0. The van der Waals surface area contributed by atoms with Crippen LogP contribution in [0.25, 0.3) is 0 Å². The molecule has 2 aromatic carbocycles. The number of hydrazine groups is 1. The van der Waals surface area contributed by atoms with Crippen molar-refractivity contribution in [2.75, 3.05) is 20.8 Å². The van der Waals surface area contributed by atoms with Crippen LogP contribution in [-0.2, 0) is 19.2 Å². The maximum absolute atomic E-state index is 13.8. The summed E-state index contributed by atoms with van der Waals surface area (Å²) in [4.78, 5) is 68.6. The highest BCUT2D eigenvalue weighted by atomic mass is 16.5. The number of carboxylic acid groups (broad SMARTS) is 1. The Morgan fingerprint density at radius 3 is 2.00 bits per heavy atom. The summed E-state index contributed by atoms with van der Waals surface area (Å²) in [7, 11) is 3.02. The second-order valence-corrected chi connectivity index (χ2v) is 9.57. The van der Waals surface area contributed by atoms with Crippen LogP contribution in [0.4, 0.5) is 4.79 Å². The van der Waals surface area contributed by atoms with Gasteiger partial charge in [-0.2, -0.15) is 5.01 Å². The van der Waals surface area contributed by atoms with Gasteiger partial charge in [0.2, 0.25) is 11.8 Å². The van der Waals surface area contributed by atoms with E-state index in [2.05, 4.69) is 15.6 Å². The third-order valence-corrected chi connectivity index (χ3v) is 6.63. The molecule has 0 spiro atoms. The second kappa shape index (κ2) is 14.5. The standard InChI is InChI=1S/C28H35N7O8/c1-16(36)34(35-26(40)21(32-28(35)41)5-4-14-31-27(29)30)22(15-23(37)38)25(39)33-24(17-6-10-19(42-2)11-7-17)18-8-12-20(43-3)13-9-18/h6-13,21-22,24H,4-5,14-15H2,1-3H3,(H,32,41)(H,33,39)(H,37,38)(H4,29,30,31)/t21?,22-/m0/s1. The molecule has 15 heteroatoms. The van der Waals surface area contributed by atoms with Gasteiger partial charge in [0.05, 0.1) is 26.7 Å². The average Bonchev–Trinajstić information content (AvgIpc) is 3.25. The molecule has 1 fully saturated rings. The maximum atomic E-state index is 13.8. The summed E-state index contributed by atoms with van der Waals surface area (Å²) in [6.07, 6.45) is -0.432. The van der Waals surface area contributed by atoms with Crippen LogP contribution in [0, 0.1) is 0 Å². The van der Waals surface area contributed by atoms with Crippen molar-refractivity contribution in [1.82, 2.24) is 20.7 Å². The number of carbonyl (C=O) groups is 5. The summed E-state index contributed by atoms with van der Waals surface area (Å²) < 4.78 is 10.5. The van der Waals surface area contributed by atoms with E-state index in [9.17, 15) is 29.1 Å². The molecule has 0 aliphatic carbocycles. The number of hydrogen-bond donors (Lipinski definition) is 5. The number of aliphatic carboxylic acids is 1. The van der Waals surface area contributed by atoms with Crippen molar-refractivity contribution in [3.05, 3.63) is 59.7 Å². The Morgan fingerprint density at radius 1 is 1.02 bits per heavy atom. The third kappa shape index (κ3) is 8.12. The fourth-order valence-corrected chi connectivity index (χ4v) is 4.57. The first kappa shape index (κ1) is 32.2. The van der Waals surface area contributed by atoms with E-state index in [4.69, 9.17) is 20.9 Å². The molecule has 1 unspecified atom stereocenters. The van der Waals surface area contributed by atoms with Gasteiger partial charge in [-0.1, -0.05) is 24.3 Å². The van der Waals surface area contributed by atoms with Crippen LogP contribution in [-0.4, -0.2) is 83.7 Å². The van der Waals surface area contributed by atoms with Crippen molar-refractivity contribution in [3.63, 3.8) is 0 Å². The van der Waals surface area contributed by atoms with E-state index in [-0.39, 0.29) is 18.9 Å². The number of ether oxygens (including phenoxy) is 2. The van der Waals surface area contributed by atoms with Gasteiger partial charge in [0.1, 0.15) is 23.6 Å². The SMILES string of the molecule is COc1ccc(C(NC(=O)[C@H](CC(=O)O)N(C(C)=O)N2C(=O)NC(CCCN=C(N)N)C2=O)c2ccc(OC)cc2)cc1. The number of benzene rings is 2. The van der Waals surface area contributed by atoms with Gasteiger partial charge in [0.15, 0.2) is 5.96 Å². The van der Waals surface area contributed by atoms with E-state index in [1.807, 2.05) is 0 Å². The second-order valence-electron chi connectivity index (χ2n) is 9.57. The number of nitrogens with one attached hydrogen (secondary N) is 2. The number of nitrogens with zero attached hydrogens (tertiary/aromatic N) is 3.